The van der Waals surface area contributed by atoms with E-state index in [1.165, 1.54) is 6.92 Å². The van der Waals surface area contributed by atoms with Crippen LogP contribution in [0.4, 0.5) is 0 Å². The van der Waals surface area contributed by atoms with Crippen molar-refractivity contribution in [2.45, 2.75) is 20.0 Å². The lowest BCUT2D eigenvalue weighted by Gasteiger charge is -2.15. The molecule has 1 N–H and O–H groups in total. The summed E-state index contributed by atoms with van der Waals surface area (Å²) in [6.07, 6.45) is 2.46. The van der Waals surface area contributed by atoms with Crippen LogP contribution in [-0.2, 0) is 4.79 Å². The zero-order valence-electron chi connectivity index (χ0n) is 7.77. The fourth-order valence-electron chi connectivity index (χ4n) is 1.06. The van der Waals surface area contributed by atoms with Crippen LogP contribution in [0.3, 0.4) is 0 Å². The highest BCUT2D eigenvalue weighted by molar-refractivity contribution is 5.78. The number of carbonyl (C=O) groups excluding carboxylic acids is 1. The topological polar surface area (TPSA) is 50.2 Å². The molecule has 0 aliphatic rings. The Labute approximate surface area is 77.4 Å². The molecule has 0 aromatic carbocycles. The first-order valence-electron chi connectivity index (χ1n) is 4.21. The Kier molecular flexibility index (Phi) is 3.14. The predicted octanol–water partition coefficient (Wildman–Crippen LogP) is 1.34. The van der Waals surface area contributed by atoms with Gasteiger partial charge in [0.05, 0.1) is 6.10 Å². The maximum atomic E-state index is 11.0. The normalized spacial score (nSPS) is 15.0. The van der Waals surface area contributed by atoms with E-state index < -0.39 is 6.10 Å². The van der Waals surface area contributed by atoms with E-state index in [1.807, 2.05) is 0 Å². The van der Waals surface area contributed by atoms with Crippen LogP contribution in [0.5, 0.6) is 0 Å². The highest BCUT2D eigenvalue weighted by atomic mass is 16.3. The van der Waals surface area contributed by atoms with Crippen LogP contribution in [0.25, 0.3) is 0 Å². The molecule has 0 amide bonds. The van der Waals surface area contributed by atoms with E-state index in [2.05, 4.69) is 4.98 Å². The Hall–Kier alpha value is -1.22. The first kappa shape index (κ1) is 9.86. The molecule has 0 bridgehead atoms. The van der Waals surface area contributed by atoms with Crippen molar-refractivity contribution in [1.29, 1.82) is 0 Å². The number of rotatable bonds is 3. The number of ketones is 1. The Morgan fingerprint density at radius 1 is 1.62 bits per heavy atom. The number of aromatic nitrogens is 1. The summed E-state index contributed by atoms with van der Waals surface area (Å²) in [6, 6.07) is 3.50. The molecule has 2 unspecified atom stereocenters. The predicted molar refractivity (Wildman–Crippen MR) is 49.0 cm³/mol. The van der Waals surface area contributed by atoms with Crippen molar-refractivity contribution in [1.82, 2.24) is 4.98 Å². The third-order valence-electron chi connectivity index (χ3n) is 2.14. The lowest BCUT2D eigenvalue weighted by molar-refractivity contribution is -0.123. The largest absolute Gasteiger partial charge is 0.388 e. The van der Waals surface area contributed by atoms with E-state index in [4.69, 9.17) is 0 Å². The number of Topliss-reactive ketones (excluding diaryl/α,β-unsaturated/α-hetero) is 1. The van der Waals surface area contributed by atoms with Gasteiger partial charge < -0.3 is 5.11 Å². The monoisotopic (exact) mass is 179 g/mol. The Bertz CT molecular complexity index is 284. The van der Waals surface area contributed by atoms with Crippen LogP contribution in [0.2, 0.25) is 0 Å². The van der Waals surface area contributed by atoms with Gasteiger partial charge in [-0.15, -0.1) is 0 Å². The fourth-order valence-corrected chi connectivity index (χ4v) is 1.06. The van der Waals surface area contributed by atoms with Gasteiger partial charge in [-0.05, 0) is 18.6 Å². The molecule has 0 fully saturated rings. The molecular weight excluding hydrogens is 166 g/mol. The molecule has 0 saturated heterocycles. The second-order valence-electron chi connectivity index (χ2n) is 3.13. The van der Waals surface area contributed by atoms with Crippen molar-refractivity contribution in [3.63, 3.8) is 0 Å². The van der Waals surface area contributed by atoms with Gasteiger partial charge in [0.15, 0.2) is 0 Å². The van der Waals surface area contributed by atoms with Crippen molar-refractivity contribution in [3.8, 4) is 0 Å². The van der Waals surface area contributed by atoms with E-state index in [0.29, 0.717) is 5.56 Å². The Morgan fingerprint density at radius 2 is 2.31 bits per heavy atom. The standard InChI is InChI=1S/C10H13NO2/c1-7(8(2)12)10(13)9-4-3-5-11-6-9/h3-7,10,13H,1-2H3. The van der Waals surface area contributed by atoms with E-state index in [0.717, 1.165) is 0 Å². The van der Waals surface area contributed by atoms with Crippen LogP contribution in [0.1, 0.15) is 25.5 Å². The van der Waals surface area contributed by atoms with E-state index in [1.54, 1.807) is 31.5 Å². The summed E-state index contributed by atoms with van der Waals surface area (Å²) in [6.45, 7) is 3.18. The molecule has 0 radical (unpaired) electrons. The van der Waals surface area contributed by atoms with Gasteiger partial charge in [-0.1, -0.05) is 13.0 Å². The van der Waals surface area contributed by atoms with Gasteiger partial charge in [-0.2, -0.15) is 0 Å². The molecule has 1 heterocycles. The van der Waals surface area contributed by atoms with Gasteiger partial charge >= 0.3 is 0 Å². The average molecular weight is 179 g/mol. The maximum Gasteiger partial charge on any atom is 0.135 e. The molecular formula is C10H13NO2. The number of aliphatic hydroxyl groups is 1. The van der Waals surface area contributed by atoms with E-state index in [9.17, 15) is 9.90 Å². The minimum atomic E-state index is -0.744. The average Bonchev–Trinajstić information content (AvgIpc) is 2.17. The number of carbonyl (C=O) groups is 1. The first-order valence-corrected chi connectivity index (χ1v) is 4.21. The molecule has 0 saturated carbocycles. The minimum absolute atomic E-state index is 0.0173. The quantitative estimate of drug-likeness (QED) is 0.761. The fraction of sp³-hybridized carbons (Fsp3) is 0.400. The van der Waals surface area contributed by atoms with Crippen LogP contribution in [0, 0.1) is 5.92 Å². The zero-order chi connectivity index (χ0) is 9.84. The second-order valence-corrected chi connectivity index (χ2v) is 3.13. The van der Waals surface area contributed by atoms with Crippen LogP contribution in [0.15, 0.2) is 24.5 Å². The van der Waals surface area contributed by atoms with Crippen LogP contribution >= 0.6 is 0 Å². The number of aliphatic hydroxyl groups excluding tert-OH is 1. The lowest BCUT2D eigenvalue weighted by atomic mass is 9.96. The molecule has 2 atom stereocenters. The minimum Gasteiger partial charge on any atom is -0.388 e. The number of nitrogens with zero attached hydrogens (tertiary/aromatic N) is 1. The molecule has 0 aliphatic carbocycles. The summed E-state index contributed by atoms with van der Waals surface area (Å²) >= 11 is 0. The SMILES string of the molecule is CC(=O)C(C)C(O)c1cccnc1. The van der Waals surface area contributed by atoms with Crippen LogP contribution < -0.4 is 0 Å². The van der Waals surface area contributed by atoms with Crippen LogP contribution in [-0.4, -0.2) is 15.9 Å². The van der Waals surface area contributed by atoms with Crippen molar-refractivity contribution in [2.75, 3.05) is 0 Å². The molecule has 1 aromatic rings. The molecule has 70 valence electrons. The summed E-state index contributed by atoms with van der Waals surface area (Å²) in [5, 5.41) is 9.70. The molecule has 0 aliphatic heterocycles. The number of hydrogen-bond acceptors (Lipinski definition) is 3. The third kappa shape index (κ3) is 2.36. The molecule has 13 heavy (non-hydrogen) atoms. The van der Waals surface area contributed by atoms with Gasteiger partial charge in [-0.3, -0.25) is 9.78 Å². The lowest BCUT2D eigenvalue weighted by Crippen LogP contribution is -2.16. The van der Waals surface area contributed by atoms with Crippen molar-refractivity contribution in [3.05, 3.63) is 30.1 Å². The summed E-state index contributed by atoms with van der Waals surface area (Å²) in [7, 11) is 0. The van der Waals surface area contributed by atoms with Crippen molar-refractivity contribution >= 4 is 5.78 Å². The van der Waals surface area contributed by atoms with E-state index in [-0.39, 0.29) is 11.7 Å². The summed E-state index contributed by atoms with van der Waals surface area (Å²) < 4.78 is 0. The van der Waals surface area contributed by atoms with Gasteiger partial charge in [-0.25, -0.2) is 0 Å². The van der Waals surface area contributed by atoms with Gasteiger partial charge in [0.1, 0.15) is 5.78 Å². The Morgan fingerprint density at radius 3 is 2.77 bits per heavy atom. The molecule has 3 nitrogen and oxygen atoms in total. The third-order valence-corrected chi connectivity index (χ3v) is 2.14. The van der Waals surface area contributed by atoms with Gasteiger partial charge in [0.2, 0.25) is 0 Å². The zero-order valence-corrected chi connectivity index (χ0v) is 7.77. The molecule has 0 spiro atoms. The van der Waals surface area contributed by atoms with Gasteiger partial charge in [0.25, 0.3) is 0 Å². The smallest absolute Gasteiger partial charge is 0.135 e. The molecule has 1 aromatic heterocycles. The number of hydrogen-bond donors (Lipinski definition) is 1. The summed E-state index contributed by atoms with van der Waals surface area (Å²) in [5.74, 6) is -0.388. The first-order chi connectivity index (χ1) is 6.13. The van der Waals surface area contributed by atoms with Crippen molar-refractivity contribution < 1.29 is 9.90 Å². The summed E-state index contributed by atoms with van der Waals surface area (Å²) in [5.41, 5.74) is 0.685. The maximum absolute atomic E-state index is 11.0. The Balaban J connectivity index is 2.79. The second kappa shape index (κ2) is 4.14. The summed E-state index contributed by atoms with van der Waals surface area (Å²) in [4.78, 5) is 14.9. The van der Waals surface area contributed by atoms with Gasteiger partial charge in [0, 0.05) is 18.3 Å². The molecule has 3 heteroatoms. The number of pyridine rings is 1. The van der Waals surface area contributed by atoms with Crippen molar-refractivity contribution in [2.24, 2.45) is 5.92 Å². The molecule has 1 rings (SSSR count). The highest BCUT2D eigenvalue weighted by Crippen LogP contribution is 2.20. The van der Waals surface area contributed by atoms with E-state index >= 15 is 0 Å². The highest BCUT2D eigenvalue weighted by Gasteiger charge is 2.19.